The number of aryl methyl sites for hydroxylation is 1. The van der Waals surface area contributed by atoms with Crippen LogP contribution < -0.4 is 15.4 Å². The molecule has 0 saturated carbocycles. The fourth-order valence-electron chi connectivity index (χ4n) is 4.56. The Morgan fingerprint density at radius 2 is 2.03 bits per heavy atom. The van der Waals surface area contributed by atoms with Gasteiger partial charge in [-0.15, -0.1) is 0 Å². The van der Waals surface area contributed by atoms with Gasteiger partial charge in [0.1, 0.15) is 18.2 Å². The van der Waals surface area contributed by atoms with E-state index >= 15 is 0 Å². The van der Waals surface area contributed by atoms with E-state index in [1.54, 1.807) is 12.1 Å². The summed E-state index contributed by atoms with van der Waals surface area (Å²) in [5.41, 5.74) is 0.888. The molecular formula is C26H32FN3O4. The van der Waals surface area contributed by atoms with Gasteiger partial charge in [0, 0.05) is 19.6 Å². The van der Waals surface area contributed by atoms with Crippen LogP contribution in [0.5, 0.6) is 5.75 Å². The highest BCUT2D eigenvalue weighted by Crippen LogP contribution is 2.27. The first-order valence-electron chi connectivity index (χ1n) is 11.9. The van der Waals surface area contributed by atoms with Crippen molar-refractivity contribution in [2.75, 3.05) is 39.4 Å². The molecule has 2 amide bonds. The first-order chi connectivity index (χ1) is 16.5. The molecule has 182 valence electrons. The van der Waals surface area contributed by atoms with E-state index in [1.165, 1.54) is 17.7 Å². The third-order valence-corrected chi connectivity index (χ3v) is 6.32. The van der Waals surface area contributed by atoms with Crippen molar-refractivity contribution < 1.29 is 23.5 Å². The number of fused-ring (bicyclic) bond motifs is 1. The number of para-hydroxylation sites is 1. The van der Waals surface area contributed by atoms with Crippen molar-refractivity contribution in [1.82, 2.24) is 15.5 Å². The summed E-state index contributed by atoms with van der Waals surface area (Å²) in [6, 6.07) is 14.2. The molecule has 7 nitrogen and oxygen atoms in total. The van der Waals surface area contributed by atoms with Gasteiger partial charge in [-0.3, -0.25) is 14.5 Å². The van der Waals surface area contributed by atoms with Gasteiger partial charge in [0.25, 0.3) is 5.91 Å². The quantitative estimate of drug-likeness (QED) is 0.719. The normalized spacial score (nSPS) is 22.0. The summed E-state index contributed by atoms with van der Waals surface area (Å²) in [5, 5.41) is 5.80. The Balaban J connectivity index is 1.35. The molecule has 1 spiro atoms. The first-order valence-corrected chi connectivity index (χ1v) is 11.9. The zero-order chi connectivity index (χ0) is 23.8. The minimum atomic E-state index is -0.986. The van der Waals surface area contributed by atoms with Gasteiger partial charge in [-0.2, -0.15) is 0 Å². The Hall–Kier alpha value is -2.97. The number of benzene rings is 2. The van der Waals surface area contributed by atoms with E-state index in [4.69, 9.17) is 9.47 Å². The third-order valence-electron chi connectivity index (χ3n) is 6.32. The number of morpholine rings is 1. The van der Waals surface area contributed by atoms with Gasteiger partial charge in [-0.25, -0.2) is 4.39 Å². The van der Waals surface area contributed by atoms with Crippen molar-refractivity contribution in [2.24, 2.45) is 0 Å². The molecule has 1 unspecified atom stereocenters. The van der Waals surface area contributed by atoms with E-state index in [0.717, 1.165) is 25.0 Å². The van der Waals surface area contributed by atoms with Gasteiger partial charge in [-0.1, -0.05) is 30.3 Å². The summed E-state index contributed by atoms with van der Waals surface area (Å²) in [4.78, 5) is 27.7. The van der Waals surface area contributed by atoms with E-state index < -0.39 is 5.60 Å². The molecule has 2 heterocycles. The van der Waals surface area contributed by atoms with Crippen LogP contribution in [0, 0.1) is 5.82 Å². The van der Waals surface area contributed by atoms with Crippen molar-refractivity contribution in [3.8, 4) is 5.75 Å². The van der Waals surface area contributed by atoms with Crippen LogP contribution >= 0.6 is 0 Å². The number of carbonyl (C=O) groups is 2. The number of hydrogen-bond donors (Lipinski definition) is 2. The average molecular weight is 470 g/mol. The van der Waals surface area contributed by atoms with Crippen LogP contribution in [-0.2, 0) is 27.3 Å². The van der Waals surface area contributed by atoms with Crippen molar-refractivity contribution in [3.63, 3.8) is 0 Å². The summed E-state index contributed by atoms with van der Waals surface area (Å²) in [6.07, 6.45) is 3.19. The van der Waals surface area contributed by atoms with Crippen LogP contribution in [0.2, 0.25) is 0 Å². The van der Waals surface area contributed by atoms with E-state index in [9.17, 15) is 14.0 Å². The molecule has 34 heavy (non-hydrogen) atoms. The van der Waals surface area contributed by atoms with Gasteiger partial charge >= 0.3 is 0 Å². The molecule has 0 aliphatic carbocycles. The number of rotatable bonds is 4. The monoisotopic (exact) mass is 469 g/mol. The summed E-state index contributed by atoms with van der Waals surface area (Å²) in [7, 11) is 0. The Labute approximate surface area is 199 Å². The van der Waals surface area contributed by atoms with Gasteiger partial charge in [-0.05, 0) is 55.0 Å². The largest absolute Gasteiger partial charge is 0.491 e. The third kappa shape index (κ3) is 6.33. The van der Waals surface area contributed by atoms with Crippen molar-refractivity contribution in [3.05, 3.63) is 65.5 Å². The molecule has 2 aromatic carbocycles. The maximum absolute atomic E-state index is 13.4. The van der Waals surface area contributed by atoms with Crippen molar-refractivity contribution in [2.45, 2.75) is 37.8 Å². The van der Waals surface area contributed by atoms with Crippen LogP contribution in [0.3, 0.4) is 0 Å². The minimum Gasteiger partial charge on any atom is -0.491 e. The smallest absolute Gasteiger partial charge is 0.253 e. The SMILES string of the molecule is O=C(CN1CCOC2(CCCCc3ccccc3OCCNC2=O)C1)NCc1cccc(F)c1. The number of amides is 2. The molecule has 1 atom stereocenters. The Bertz CT molecular complexity index is 1000. The Kier molecular flexibility index (Phi) is 8.13. The molecule has 0 radical (unpaired) electrons. The molecule has 4 rings (SSSR count). The van der Waals surface area contributed by atoms with Crippen LogP contribution in [0.15, 0.2) is 48.5 Å². The van der Waals surface area contributed by atoms with Crippen LogP contribution in [0.1, 0.15) is 30.4 Å². The highest BCUT2D eigenvalue weighted by molar-refractivity contribution is 5.86. The number of hydrogen-bond acceptors (Lipinski definition) is 5. The predicted molar refractivity (Wildman–Crippen MR) is 126 cm³/mol. The minimum absolute atomic E-state index is 0.157. The first kappa shape index (κ1) is 24.2. The molecule has 2 aromatic rings. The Morgan fingerprint density at radius 3 is 2.91 bits per heavy atom. The molecule has 1 saturated heterocycles. The number of ether oxygens (including phenoxy) is 2. The molecule has 0 bridgehead atoms. The number of carbonyl (C=O) groups excluding carboxylic acids is 2. The number of nitrogens with zero attached hydrogens (tertiary/aromatic N) is 1. The Morgan fingerprint density at radius 1 is 1.15 bits per heavy atom. The molecule has 2 N–H and O–H groups in total. The highest BCUT2D eigenvalue weighted by Gasteiger charge is 2.43. The molecule has 2 aliphatic rings. The second-order valence-corrected chi connectivity index (χ2v) is 8.88. The second kappa shape index (κ2) is 11.4. The van der Waals surface area contributed by atoms with Crippen LogP contribution in [0.25, 0.3) is 0 Å². The highest BCUT2D eigenvalue weighted by atomic mass is 19.1. The molecular weight excluding hydrogens is 437 g/mol. The van der Waals surface area contributed by atoms with Crippen LogP contribution in [-0.4, -0.2) is 61.7 Å². The molecule has 1 fully saturated rings. The lowest BCUT2D eigenvalue weighted by molar-refractivity contribution is -0.163. The lowest BCUT2D eigenvalue weighted by Crippen LogP contribution is -2.61. The summed E-state index contributed by atoms with van der Waals surface area (Å²) in [6.45, 7) is 2.47. The fourth-order valence-corrected chi connectivity index (χ4v) is 4.56. The summed E-state index contributed by atoms with van der Waals surface area (Å²) in [5.74, 6) is 0.218. The maximum atomic E-state index is 13.4. The van der Waals surface area contributed by atoms with Gasteiger partial charge in [0.15, 0.2) is 5.60 Å². The lowest BCUT2D eigenvalue weighted by Gasteiger charge is -2.41. The van der Waals surface area contributed by atoms with Gasteiger partial charge < -0.3 is 20.1 Å². The van der Waals surface area contributed by atoms with E-state index in [2.05, 4.69) is 16.7 Å². The standard InChI is InChI=1S/C26H32FN3O4/c27-22-9-5-6-20(16-22)17-29-24(31)18-30-13-15-34-26(19-30)11-4-3-8-21-7-1-2-10-23(21)33-14-12-28-25(26)32/h1-2,5-7,9-10,16H,3-4,8,11-15,17-19H2,(H,28,32)(H,29,31). The number of halogens is 1. The second-order valence-electron chi connectivity index (χ2n) is 8.88. The van der Waals surface area contributed by atoms with Crippen molar-refractivity contribution in [1.29, 1.82) is 0 Å². The fraction of sp³-hybridized carbons (Fsp3) is 0.462. The average Bonchev–Trinajstić information content (AvgIpc) is 2.83. The van der Waals surface area contributed by atoms with Crippen molar-refractivity contribution >= 4 is 11.8 Å². The molecule has 0 aromatic heterocycles. The van der Waals surface area contributed by atoms with Gasteiger partial charge in [0.2, 0.25) is 5.91 Å². The predicted octanol–water partition coefficient (Wildman–Crippen LogP) is 2.43. The summed E-state index contributed by atoms with van der Waals surface area (Å²) < 4.78 is 25.3. The van der Waals surface area contributed by atoms with E-state index in [1.807, 2.05) is 23.1 Å². The van der Waals surface area contributed by atoms with E-state index in [0.29, 0.717) is 44.8 Å². The van der Waals surface area contributed by atoms with Gasteiger partial charge in [0.05, 0.1) is 19.7 Å². The van der Waals surface area contributed by atoms with Crippen LogP contribution in [0.4, 0.5) is 4.39 Å². The molecule has 8 heteroatoms. The zero-order valence-electron chi connectivity index (χ0n) is 19.4. The maximum Gasteiger partial charge on any atom is 0.253 e. The zero-order valence-corrected chi connectivity index (χ0v) is 19.4. The summed E-state index contributed by atoms with van der Waals surface area (Å²) >= 11 is 0. The van der Waals surface area contributed by atoms with E-state index in [-0.39, 0.29) is 30.7 Å². The topological polar surface area (TPSA) is 79.9 Å². The number of nitrogens with one attached hydrogen (secondary N) is 2. The molecule has 2 aliphatic heterocycles. The lowest BCUT2D eigenvalue weighted by atomic mass is 9.91.